The summed E-state index contributed by atoms with van der Waals surface area (Å²) in [6, 6.07) is 17.4. The Morgan fingerprint density at radius 1 is 1.12 bits per heavy atom. The largest absolute Gasteiger partial charge is 0.371 e. The minimum absolute atomic E-state index is 0.0841. The third-order valence-electron chi connectivity index (χ3n) is 4.37. The number of carbonyl (C=O) groups is 1. The van der Waals surface area contributed by atoms with E-state index >= 15 is 0 Å². The van der Waals surface area contributed by atoms with E-state index in [4.69, 9.17) is 16.3 Å². The van der Waals surface area contributed by atoms with Gasteiger partial charge in [-0.25, -0.2) is 0 Å². The molecule has 3 nitrogen and oxygen atoms in total. The standard InChI is InChI=1S/C20H22ClNO2/c21-18-10-8-17(9-11-18)20-15-22(13-14-24-20)12-4-7-19(23)16-5-2-1-3-6-16/h1-3,5-6,8-11,20H,4,7,12-15H2. The van der Waals surface area contributed by atoms with Gasteiger partial charge in [-0.05, 0) is 30.7 Å². The fourth-order valence-electron chi connectivity index (χ4n) is 3.02. The van der Waals surface area contributed by atoms with E-state index in [0.29, 0.717) is 6.42 Å². The molecule has 4 heteroatoms. The quantitative estimate of drug-likeness (QED) is 0.729. The zero-order valence-electron chi connectivity index (χ0n) is 13.7. The Morgan fingerprint density at radius 3 is 2.62 bits per heavy atom. The van der Waals surface area contributed by atoms with Gasteiger partial charge in [0.05, 0.1) is 12.7 Å². The smallest absolute Gasteiger partial charge is 0.162 e. The predicted molar refractivity (Wildman–Crippen MR) is 96.6 cm³/mol. The van der Waals surface area contributed by atoms with Gasteiger partial charge in [0.15, 0.2) is 5.78 Å². The van der Waals surface area contributed by atoms with Crippen molar-refractivity contribution >= 4 is 17.4 Å². The number of carbonyl (C=O) groups excluding carboxylic acids is 1. The number of hydrogen-bond donors (Lipinski definition) is 0. The van der Waals surface area contributed by atoms with Crippen LogP contribution in [-0.2, 0) is 4.74 Å². The Morgan fingerprint density at radius 2 is 1.88 bits per heavy atom. The lowest BCUT2D eigenvalue weighted by atomic mass is 10.1. The second-order valence-corrected chi connectivity index (χ2v) is 6.54. The fourth-order valence-corrected chi connectivity index (χ4v) is 3.14. The van der Waals surface area contributed by atoms with Crippen LogP contribution >= 0.6 is 11.6 Å². The molecule has 0 aliphatic carbocycles. The minimum atomic E-state index is 0.0841. The number of nitrogens with zero attached hydrogens (tertiary/aromatic N) is 1. The molecule has 126 valence electrons. The molecule has 1 saturated heterocycles. The predicted octanol–water partition coefficient (Wildman–Crippen LogP) is 4.38. The number of benzene rings is 2. The van der Waals surface area contributed by atoms with Crippen LogP contribution in [0, 0.1) is 0 Å². The molecule has 0 amide bonds. The lowest BCUT2D eigenvalue weighted by Gasteiger charge is -2.33. The van der Waals surface area contributed by atoms with E-state index < -0.39 is 0 Å². The highest BCUT2D eigenvalue weighted by molar-refractivity contribution is 6.30. The van der Waals surface area contributed by atoms with Crippen LogP contribution in [-0.4, -0.2) is 36.9 Å². The number of hydrogen-bond acceptors (Lipinski definition) is 3. The zero-order chi connectivity index (χ0) is 16.8. The van der Waals surface area contributed by atoms with E-state index in [2.05, 4.69) is 4.90 Å². The van der Waals surface area contributed by atoms with Crippen LogP contribution in [0.2, 0.25) is 5.02 Å². The first-order chi connectivity index (χ1) is 11.7. The Hall–Kier alpha value is -1.68. The highest BCUT2D eigenvalue weighted by Crippen LogP contribution is 2.24. The molecule has 0 aromatic heterocycles. The molecule has 24 heavy (non-hydrogen) atoms. The second kappa shape index (κ2) is 8.43. The minimum Gasteiger partial charge on any atom is -0.371 e. The number of morpholine rings is 1. The monoisotopic (exact) mass is 343 g/mol. The molecule has 1 atom stereocenters. The number of ether oxygens (including phenoxy) is 1. The van der Waals surface area contributed by atoms with Crippen molar-refractivity contribution in [3.05, 3.63) is 70.7 Å². The molecule has 2 aromatic rings. The van der Waals surface area contributed by atoms with E-state index in [1.54, 1.807) is 0 Å². The van der Waals surface area contributed by atoms with Gasteiger partial charge in [-0.3, -0.25) is 9.69 Å². The molecule has 1 fully saturated rings. The molecule has 0 N–H and O–H groups in total. The van der Waals surface area contributed by atoms with E-state index in [-0.39, 0.29) is 11.9 Å². The van der Waals surface area contributed by atoms with Crippen molar-refractivity contribution < 1.29 is 9.53 Å². The Labute approximate surface area is 148 Å². The van der Waals surface area contributed by atoms with Crippen molar-refractivity contribution in [2.45, 2.75) is 18.9 Å². The lowest BCUT2D eigenvalue weighted by molar-refractivity contribution is -0.0302. The van der Waals surface area contributed by atoms with Crippen LogP contribution < -0.4 is 0 Å². The summed E-state index contributed by atoms with van der Waals surface area (Å²) in [6.07, 6.45) is 1.55. The maximum atomic E-state index is 12.1. The molecule has 0 saturated carbocycles. The van der Waals surface area contributed by atoms with E-state index in [0.717, 1.165) is 48.8 Å². The van der Waals surface area contributed by atoms with E-state index in [1.807, 2.05) is 54.6 Å². The molecule has 0 spiro atoms. The number of Topliss-reactive ketones (excluding diaryl/α,β-unsaturated/α-hetero) is 1. The summed E-state index contributed by atoms with van der Waals surface area (Å²) in [5.41, 5.74) is 1.96. The first-order valence-electron chi connectivity index (χ1n) is 8.40. The molecule has 3 rings (SSSR count). The van der Waals surface area contributed by atoms with Crippen LogP contribution in [0.15, 0.2) is 54.6 Å². The van der Waals surface area contributed by atoms with E-state index in [1.165, 1.54) is 0 Å². The number of ketones is 1. The molecule has 1 heterocycles. The Kier molecular flexibility index (Phi) is 6.02. The maximum Gasteiger partial charge on any atom is 0.162 e. The van der Waals surface area contributed by atoms with Crippen molar-refractivity contribution in [1.82, 2.24) is 4.90 Å². The van der Waals surface area contributed by atoms with Gasteiger partial charge in [-0.1, -0.05) is 54.1 Å². The average molecular weight is 344 g/mol. The zero-order valence-corrected chi connectivity index (χ0v) is 14.4. The van der Waals surface area contributed by atoms with Crippen molar-refractivity contribution in [2.75, 3.05) is 26.2 Å². The SMILES string of the molecule is O=C(CCCN1CCOC(c2ccc(Cl)cc2)C1)c1ccccc1. The van der Waals surface area contributed by atoms with Gasteiger partial charge in [0.1, 0.15) is 0 Å². The first-order valence-corrected chi connectivity index (χ1v) is 8.78. The normalized spacial score (nSPS) is 18.5. The molecule has 2 aromatic carbocycles. The van der Waals surface area contributed by atoms with Crippen molar-refractivity contribution in [3.63, 3.8) is 0 Å². The van der Waals surface area contributed by atoms with Crippen LogP contribution in [0.5, 0.6) is 0 Å². The van der Waals surface area contributed by atoms with Crippen LogP contribution in [0.1, 0.15) is 34.9 Å². The van der Waals surface area contributed by atoms with Gasteiger partial charge >= 0.3 is 0 Å². The summed E-state index contributed by atoms with van der Waals surface area (Å²) in [4.78, 5) is 14.5. The van der Waals surface area contributed by atoms with Crippen LogP contribution in [0.25, 0.3) is 0 Å². The average Bonchev–Trinajstić information content (AvgIpc) is 2.63. The van der Waals surface area contributed by atoms with Crippen molar-refractivity contribution in [1.29, 1.82) is 0 Å². The van der Waals surface area contributed by atoms with Gasteiger partial charge in [-0.15, -0.1) is 0 Å². The van der Waals surface area contributed by atoms with E-state index in [9.17, 15) is 4.79 Å². The highest BCUT2D eigenvalue weighted by atomic mass is 35.5. The third kappa shape index (κ3) is 4.67. The topological polar surface area (TPSA) is 29.5 Å². The summed E-state index contributed by atoms with van der Waals surface area (Å²) < 4.78 is 5.88. The third-order valence-corrected chi connectivity index (χ3v) is 4.62. The summed E-state index contributed by atoms with van der Waals surface area (Å²) in [7, 11) is 0. The molecular formula is C20H22ClNO2. The lowest BCUT2D eigenvalue weighted by Crippen LogP contribution is -2.38. The molecule has 0 bridgehead atoms. The van der Waals surface area contributed by atoms with Gasteiger partial charge in [0.25, 0.3) is 0 Å². The Balaban J connectivity index is 1.47. The van der Waals surface area contributed by atoms with Crippen LogP contribution in [0.3, 0.4) is 0 Å². The summed E-state index contributed by atoms with van der Waals surface area (Å²) >= 11 is 5.94. The van der Waals surface area contributed by atoms with Crippen molar-refractivity contribution in [2.24, 2.45) is 0 Å². The number of halogens is 1. The first kappa shape index (κ1) is 17.2. The molecular weight excluding hydrogens is 322 g/mol. The summed E-state index contributed by atoms with van der Waals surface area (Å²) in [5, 5.41) is 0.742. The maximum absolute atomic E-state index is 12.1. The number of rotatable bonds is 6. The Bertz CT molecular complexity index is 657. The molecule has 1 unspecified atom stereocenters. The summed E-state index contributed by atoms with van der Waals surface area (Å²) in [5.74, 6) is 0.220. The molecule has 1 aliphatic rings. The second-order valence-electron chi connectivity index (χ2n) is 6.10. The fraction of sp³-hybridized carbons (Fsp3) is 0.350. The van der Waals surface area contributed by atoms with Crippen molar-refractivity contribution in [3.8, 4) is 0 Å². The molecule has 1 aliphatic heterocycles. The van der Waals surface area contributed by atoms with Gasteiger partial charge in [0, 0.05) is 30.1 Å². The van der Waals surface area contributed by atoms with Gasteiger partial charge in [-0.2, -0.15) is 0 Å². The molecule has 0 radical (unpaired) electrons. The van der Waals surface area contributed by atoms with Gasteiger partial charge in [0.2, 0.25) is 0 Å². The highest BCUT2D eigenvalue weighted by Gasteiger charge is 2.21. The summed E-state index contributed by atoms with van der Waals surface area (Å²) in [6.45, 7) is 3.43. The van der Waals surface area contributed by atoms with Gasteiger partial charge < -0.3 is 4.74 Å². The van der Waals surface area contributed by atoms with Crippen LogP contribution in [0.4, 0.5) is 0 Å².